The van der Waals surface area contributed by atoms with E-state index in [4.69, 9.17) is 0 Å². The van der Waals surface area contributed by atoms with Gasteiger partial charge in [0.15, 0.2) is 0 Å². The molecule has 1 amide bonds. The molecule has 0 aliphatic rings. The number of amides is 1. The van der Waals surface area contributed by atoms with E-state index in [1.165, 1.54) is 0 Å². The largest absolute Gasteiger partial charge is 0.384 e. The van der Waals surface area contributed by atoms with Crippen molar-refractivity contribution < 1.29 is 4.79 Å². The molecule has 1 aromatic carbocycles. The van der Waals surface area contributed by atoms with Gasteiger partial charge in [-0.25, -0.2) is 9.97 Å². The molecule has 0 spiro atoms. The molecule has 7 heteroatoms. The zero-order chi connectivity index (χ0) is 22.6. The van der Waals surface area contributed by atoms with E-state index in [1.807, 2.05) is 31.2 Å². The second-order valence-corrected chi connectivity index (χ2v) is 8.31. The molecule has 1 aromatic heterocycles. The van der Waals surface area contributed by atoms with Crippen molar-refractivity contribution in [2.24, 2.45) is 5.92 Å². The molecule has 7 nitrogen and oxygen atoms in total. The molecule has 0 radical (unpaired) electrons. The van der Waals surface area contributed by atoms with Crippen molar-refractivity contribution in [3.8, 4) is 0 Å². The Balaban J connectivity index is 1.91. The zero-order valence-corrected chi connectivity index (χ0v) is 19.6. The summed E-state index contributed by atoms with van der Waals surface area (Å²) in [6.45, 7) is 14.7. The Morgan fingerprint density at radius 2 is 1.84 bits per heavy atom. The number of likely N-dealkylation sites (N-methyl/N-ethyl adjacent to an activating group) is 1. The van der Waals surface area contributed by atoms with Crippen molar-refractivity contribution in [1.29, 1.82) is 0 Å². The van der Waals surface area contributed by atoms with Crippen LogP contribution in [-0.2, 0) is 11.2 Å². The molecule has 0 bridgehead atoms. The Labute approximate surface area is 187 Å². The van der Waals surface area contributed by atoms with Crippen LogP contribution in [-0.4, -0.2) is 53.0 Å². The SMILES string of the molecule is CCN(CC)CCNc1cccc(Nc2nccc(CC(=O)NC(C)CC(C)C)n2)c1. The highest BCUT2D eigenvalue weighted by Gasteiger charge is 2.11. The van der Waals surface area contributed by atoms with Crippen molar-refractivity contribution in [2.75, 3.05) is 36.8 Å². The van der Waals surface area contributed by atoms with E-state index in [-0.39, 0.29) is 18.4 Å². The maximum Gasteiger partial charge on any atom is 0.227 e. The second kappa shape index (κ2) is 12.9. The number of anilines is 3. The number of rotatable bonds is 13. The van der Waals surface area contributed by atoms with Gasteiger partial charge in [-0.05, 0) is 56.6 Å². The predicted octanol–water partition coefficient (Wildman–Crippen LogP) is 4.07. The minimum absolute atomic E-state index is 0.0165. The number of nitrogens with one attached hydrogen (secondary N) is 3. The van der Waals surface area contributed by atoms with Gasteiger partial charge in [0.05, 0.1) is 12.1 Å². The van der Waals surface area contributed by atoms with Crippen LogP contribution in [0.2, 0.25) is 0 Å². The summed E-state index contributed by atoms with van der Waals surface area (Å²) in [4.78, 5) is 23.5. The summed E-state index contributed by atoms with van der Waals surface area (Å²) in [6.07, 6.45) is 2.88. The molecular formula is C24H38N6O. The van der Waals surface area contributed by atoms with E-state index in [9.17, 15) is 4.79 Å². The summed E-state index contributed by atoms with van der Waals surface area (Å²) in [6, 6.07) is 10.0. The fourth-order valence-corrected chi connectivity index (χ4v) is 3.55. The smallest absolute Gasteiger partial charge is 0.227 e. The summed E-state index contributed by atoms with van der Waals surface area (Å²) in [5.41, 5.74) is 2.65. The van der Waals surface area contributed by atoms with Gasteiger partial charge in [-0.3, -0.25) is 4.79 Å². The van der Waals surface area contributed by atoms with Crippen molar-refractivity contribution in [3.05, 3.63) is 42.2 Å². The zero-order valence-electron chi connectivity index (χ0n) is 19.6. The Kier molecular flexibility index (Phi) is 10.2. The third kappa shape index (κ3) is 9.34. The first-order valence-electron chi connectivity index (χ1n) is 11.3. The first-order chi connectivity index (χ1) is 14.9. The van der Waals surface area contributed by atoms with Gasteiger partial charge in [0.1, 0.15) is 0 Å². The molecule has 31 heavy (non-hydrogen) atoms. The van der Waals surface area contributed by atoms with Gasteiger partial charge in [-0.15, -0.1) is 0 Å². The van der Waals surface area contributed by atoms with Gasteiger partial charge in [0, 0.05) is 36.7 Å². The molecule has 2 aromatic rings. The number of carbonyl (C=O) groups excluding carboxylic acids is 1. The number of carbonyl (C=O) groups is 1. The van der Waals surface area contributed by atoms with Crippen LogP contribution >= 0.6 is 0 Å². The summed E-state index contributed by atoms with van der Waals surface area (Å²) in [5, 5.41) is 9.75. The maximum atomic E-state index is 12.3. The summed E-state index contributed by atoms with van der Waals surface area (Å²) in [7, 11) is 0. The van der Waals surface area contributed by atoms with Crippen molar-refractivity contribution >= 4 is 23.2 Å². The average Bonchev–Trinajstić information content (AvgIpc) is 2.71. The summed E-state index contributed by atoms with van der Waals surface area (Å²) in [5.74, 6) is 1.02. The molecule has 170 valence electrons. The molecule has 0 aliphatic heterocycles. The molecule has 2 rings (SSSR count). The maximum absolute atomic E-state index is 12.3. The minimum atomic E-state index is -0.0165. The fourth-order valence-electron chi connectivity index (χ4n) is 3.55. The highest BCUT2D eigenvalue weighted by molar-refractivity contribution is 5.78. The lowest BCUT2D eigenvalue weighted by Crippen LogP contribution is -2.34. The first kappa shape index (κ1) is 24.6. The van der Waals surface area contributed by atoms with Crippen LogP contribution in [0.25, 0.3) is 0 Å². The van der Waals surface area contributed by atoms with Crippen LogP contribution in [0.4, 0.5) is 17.3 Å². The van der Waals surface area contributed by atoms with E-state index >= 15 is 0 Å². The predicted molar refractivity (Wildman–Crippen MR) is 129 cm³/mol. The topological polar surface area (TPSA) is 82.2 Å². The number of nitrogens with zero attached hydrogens (tertiary/aromatic N) is 3. The first-order valence-corrected chi connectivity index (χ1v) is 11.3. The average molecular weight is 427 g/mol. The highest BCUT2D eigenvalue weighted by Crippen LogP contribution is 2.18. The molecule has 0 saturated heterocycles. The van der Waals surface area contributed by atoms with Gasteiger partial charge < -0.3 is 20.9 Å². The van der Waals surface area contributed by atoms with Crippen molar-refractivity contribution in [3.63, 3.8) is 0 Å². The molecule has 1 atom stereocenters. The lowest BCUT2D eigenvalue weighted by Gasteiger charge is -2.18. The van der Waals surface area contributed by atoms with Crippen LogP contribution in [0.15, 0.2) is 36.5 Å². The Morgan fingerprint density at radius 1 is 1.10 bits per heavy atom. The molecular weight excluding hydrogens is 388 g/mol. The van der Waals surface area contributed by atoms with Crippen molar-refractivity contribution in [2.45, 2.75) is 53.5 Å². The quantitative estimate of drug-likeness (QED) is 0.448. The Morgan fingerprint density at radius 3 is 2.55 bits per heavy atom. The van der Waals surface area contributed by atoms with Gasteiger partial charge in [0.25, 0.3) is 0 Å². The standard InChI is InChI=1S/C24H38N6O/c1-6-30(7-2)14-13-25-20-9-8-10-21(16-20)28-24-26-12-11-22(29-24)17-23(31)27-19(5)15-18(3)4/h8-12,16,18-19,25H,6-7,13-15,17H2,1-5H3,(H,27,31)(H,26,28,29). The Bertz CT molecular complexity index is 806. The number of hydrogen-bond donors (Lipinski definition) is 3. The molecule has 0 saturated carbocycles. The van der Waals surface area contributed by atoms with E-state index in [0.29, 0.717) is 17.6 Å². The third-order valence-electron chi connectivity index (χ3n) is 5.06. The van der Waals surface area contributed by atoms with E-state index in [1.54, 1.807) is 12.3 Å². The van der Waals surface area contributed by atoms with Crippen LogP contribution in [0.5, 0.6) is 0 Å². The molecule has 1 heterocycles. The van der Waals surface area contributed by atoms with Gasteiger partial charge in [-0.2, -0.15) is 0 Å². The number of hydrogen-bond acceptors (Lipinski definition) is 6. The third-order valence-corrected chi connectivity index (χ3v) is 5.06. The van der Waals surface area contributed by atoms with Gasteiger partial charge >= 0.3 is 0 Å². The molecule has 0 fully saturated rings. The monoisotopic (exact) mass is 426 g/mol. The van der Waals surface area contributed by atoms with Gasteiger partial charge in [0.2, 0.25) is 11.9 Å². The highest BCUT2D eigenvalue weighted by atomic mass is 16.1. The molecule has 3 N–H and O–H groups in total. The number of benzene rings is 1. The van der Waals surface area contributed by atoms with Crippen LogP contribution < -0.4 is 16.0 Å². The minimum Gasteiger partial charge on any atom is -0.384 e. The van der Waals surface area contributed by atoms with Gasteiger partial charge in [-0.1, -0.05) is 33.8 Å². The van der Waals surface area contributed by atoms with E-state index in [2.05, 4.69) is 58.5 Å². The molecule has 1 unspecified atom stereocenters. The number of aromatic nitrogens is 2. The van der Waals surface area contributed by atoms with Crippen LogP contribution in [0.1, 0.15) is 46.7 Å². The van der Waals surface area contributed by atoms with E-state index < -0.39 is 0 Å². The fraction of sp³-hybridized carbons (Fsp3) is 0.542. The second-order valence-electron chi connectivity index (χ2n) is 8.31. The van der Waals surface area contributed by atoms with Crippen LogP contribution in [0.3, 0.4) is 0 Å². The summed E-state index contributed by atoms with van der Waals surface area (Å²) < 4.78 is 0. The lowest BCUT2D eigenvalue weighted by molar-refractivity contribution is -0.121. The molecule has 0 aliphatic carbocycles. The van der Waals surface area contributed by atoms with Crippen molar-refractivity contribution in [1.82, 2.24) is 20.2 Å². The Hall–Kier alpha value is -2.67. The normalized spacial score (nSPS) is 12.1. The summed E-state index contributed by atoms with van der Waals surface area (Å²) >= 11 is 0. The van der Waals surface area contributed by atoms with E-state index in [0.717, 1.165) is 44.0 Å². The lowest BCUT2D eigenvalue weighted by atomic mass is 10.1. The van der Waals surface area contributed by atoms with Crippen LogP contribution in [0, 0.1) is 5.92 Å².